The van der Waals surface area contributed by atoms with Gasteiger partial charge in [-0.25, -0.2) is 0 Å². The Balaban J connectivity index is 2.01. The molecule has 3 aromatic rings. The molecular weight excluding hydrogens is 404 g/mol. The van der Waals surface area contributed by atoms with Crippen molar-refractivity contribution < 1.29 is 14.9 Å². The van der Waals surface area contributed by atoms with Gasteiger partial charge >= 0.3 is 0 Å². The number of thiol groups is 1. The summed E-state index contributed by atoms with van der Waals surface area (Å²) in [6.07, 6.45) is 1.84. The van der Waals surface area contributed by atoms with E-state index in [1.54, 1.807) is 7.11 Å². The Morgan fingerprint density at radius 2 is 1.06 bits per heavy atom. The number of rotatable bonds is 7. The molecular formula is C27H32O3S. The first-order valence-electron chi connectivity index (χ1n) is 10.7. The molecule has 0 radical (unpaired) electrons. The van der Waals surface area contributed by atoms with Crippen LogP contribution in [-0.2, 0) is 30.6 Å². The van der Waals surface area contributed by atoms with Crippen molar-refractivity contribution in [2.45, 2.75) is 58.5 Å². The first-order chi connectivity index (χ1) is 14.7. The SMILES string of the molecule is CCc1cc(C)cc(Cc2cc(C)cc(Cc3cc(C)cc(COC)c3S)c2O)c1O. The highest BCUT2D eigenvalue weighted by atomic mass is 32.1. The van der Waals surface area contributed by atoms with Crippen molar-refractivity contribution in [1.82, 2.24) is 0 Å². The number of benzene rings is 3. The summed E-state index contributed by atoms with van der Waals surface area (Å²) in [6.45, 7) is 8.67. The van der Waals surface area contributed by atoms with Gasteiger partial charge in [-0.3, -0.25) is 0 Å². The molecule has 3 rings (SSSR count). The van der Waals surface area contributed by atoms with Gasteiger partial charge in [0.15, 0.2) is 0 Å². The quantitative estimate of drug-likeness (QED) is 0.386. The summed E-state index contributed by atoms with van der Waals surface area (Å²) in [7, 11) is 1.68. The van der Waals surface area contributed by atoms with Crippen LogP contribution in [0.2, 0.25) is 0 Å². The Labute approximate surface area is 191 Å². The smallest absolute Gasteiger partial charge is 0.122 e. The van der Waals surface area contributed by atoms with Crippen molar-refractivity contribution in [3.05, 3.63) is 86.5 Å². The van der Waals surface area contributed by atoms with Gasteiger partial charge in [-0.2, -0.15) is 0 Å². The number of aryl methyl sites for hydroxylation is 4. The lowest BCUT2D eigenvalue weighted by Crippen LogP contribution is -2.01. The van der Waals surface area contributed by atoms with Gasteiger partial charge in [0.1, 0.15) is 11.5 Å². The predicted octanol–water partition coefficient (Wildman–Crippen LogP) is 6.20. The molecule has 0 aliphatic carbocycles. The highest BCUT2D eigenvalue weighted by Gasteiger charge is 2.16. The fraction of sp³-hybridized carbons (Fsp3) is 0.333. The van der Waals surface area contributed by atoms with Gasteiger partial charge in [0, 0.05) is 24.8 Å². The molecule has 164 valence electrons. The second kappa shape index (κ2) is 9.80. The first-order valence-corrected chi connectivity index (χ1v) is 11.1. The number of hydrogen-bond donors (Lipinski definition) is 3. The van der Waals surface area contributed by atoms with Crippen LogP contribution in [0.3, 0.4) is 0 Å². The van der Waals surface area contributed by atoms with E-state index in [0.29, 0.717) is 25.2 Å². The monoisotopic (exact) mass is 436 g/mol. The van der Waals surface area contributed by atoms with E-state index in [-0.39, 0.29) is 5.75 Å². The van der Waals surface area contributed by atoms with Gasteiger partial charge in [-0.1, -0.05) is 60.0 Å². The molecule has 0 aliphatic rings. The number of ether oxygens (including phenoxy) is 1. The Hall–Kier alpha value is -2.43. The zero-order chi connectivity index (χ0) is 22.7. The van der Waals surface area contributed by atoms with E-state index in [0.717, 1.165) is 61.4 Å². The molecule has 0 amide bonds. The van der Waals surface area contributed by atoms with Crippen molar-refractivity contribution in [1.29, 1.82) is 0 Å². The van der Waals surface area contributed by atoms with Crippen LogP contribution >= 0.6 is 12.6 Å². The largest absolute Gasteiger partial charge is 0.507 e. The minimum absolute atomic E-state index is 0.284. The summed E-state index contributed by atoms with van der Waals surface area (Å²) in [5.74, 6) is 0.614. The fourth-order valence-corrected chi connectivity index (χ4v) is 4.56. The van der Waals surface area contributed by atoms with Gasteiger partial charge in [0.05, 0.1) is 6.61 Å². The third-order valence-electron chi connectivity index (χ3n) is 5.68. The minimum atomic E-state index is 0.284. The molecule has 2 N–H and O–H groups in total. The van der Waals surface area contributed by atoms with Crippen LogP contribution < -0.4 is 0 Å². The molecule has 0 atom stereocenters. The van der Waals surface area contributed by atoms with E-state index in [9.17, 15) is 10.2 Å². The molecule has 0 fully saturated rings. The number of methoxy groups -OCH3 is 1. The molecule has 3 aromatic carbocycles. The van der Waals surface area contributed by atoms with E-state index >= 15 is 0 Å². The molecule has 0 spiro atoms. The minimum Gasteiger partial charge on any atom is -0.507 e. The van der Waals surface area contributed by atoms with Crippen LogP contribution in [0.4, 0.5) is 0 Å². The Kier molecular flexibility index (Phi) is 7.34. The van der Waals surface area contributed by atoms with Crippen LogP contribution in [-0.4, -0.2) is 17.3 Å². The summed E-state index contributed by atoms with van der Waals surface area (Å²) in [6, 6.07) is 12.2. The van der Waals surface area contributed by atoms with Gasteiger partial charge in [0.25, 0.3) is 0 Å². The van der Waals surface area contributed by atoms with E-state index in [1.807, 2.05) is 45.0 Å². The van der Waals surface area contributed by atoms with Crippen LogP contribution in [0.5, 0.6) is 11.5 Å². The third-order valence-corrected chi connectivity index (χ3v) is 6.25. The van der Waals surface area contributed by atoms with Crippen molar-refractivity contribution in [3.8, 4) is 11.5 Å². The zero-order valence-electron chi connectivity index (χ0n) is 19.0. The molecule has 4 heteroatoms. The third kappa shape index (κ3) is 5.25. The summed E-state index contributed by atoms with van der Waals surface area (Å²) in [5.41, 5.74) is 8.91. The molecule has 0 aliphatic heterocycles. The highest BCUT2D eigenvalue weighted by molar-refractivity contribution is 7.80. The molecule has 0 saturated carbocycles. The average molecular weight is 437 g/mol. The van der Waals surface area contributed by atoms with Crippen LogP contribution in [0.15, 0.2) is 41.3 Å². The Morgan fingerprint density at radius 3 is 1.55 bits per heavy atom. The molecule has 0 heterocycles. The maximum Gasteiger partial charge on any atom is 0.122 e. The average Bonchev–Trinajstić information content (AvgIpc) is 2.71. The second-order valence-corrected chi connectivity index (χ2v) is 8.88. The number of aromatic hydroxyl groups is 2. The van der Waals surface area contributed by atoms with Crippen molar-refractivity contribution in [2.75, 3.05) is 7.11 Å². The zero-order valence-corrected chi connectivity index (χ0v) is 19.9. The van der Waals surface area contributed by atoms with Crippen LogP contribution in [0, 0.1) is 20.8 Å². The van der Waals surface area contributed by atoms with Crippen molar-refractivity contribution in [3.63, 3.8) is 0 Å². The topological polar surface area (TPSA) is 49.7 Å². The standard InChI is InChI=1S/C27H32O3S/c1-6-19-7-16(2)8-20(25(19)28)13-21-9-17(3)10-22(26(21)29)14-23-11-18(4)12-24(15-30-5)27(23)31/h7-12,28-29,31H,6,13-15H2,1-5H3. The van der Waals surface area contributed by atoms with E-state index in [4.69, 9.17) is 17.4 Å². The number of hydrogen-bond acceptors (Lipinski definition) is 4. The molecule has 0 bridgehead atoms. The summed E-state index contributed by atoms with van der Waals surface area (Å²) < 4.78 is 5.31. The lowest BCUT2D eigenvalue weighted by molar-refractivity contribution is 0.183. The van der Waals surface area contributed by atoms with Crippen LogP contribution in [0.25, 0.3) is 0 Å². The Morgan fingerprint density at radius 1 is 0.677 bits per heavy atom. The lowest BCUT2D eigenvalue weighted by Gasteiger charge is -2.16. The maximum absolute atomic E-state index is 11.1. The van der Waals surface area contributed by atoms with E-state index in [2.05, 4.69) is 19.1 Å². The fourth-order valence-electron chi connectivity index (χ4n) is 4.29. The molecule has 0 saturated heterocycles. The lowest BCUT2D eigenvalue weighted by atomic mass is 9.92. The summed E-state index contributed by atoms with van der Waals surface area (Å²) in [4.78, 5) is 0.902. The van der Waals surface area contributed by atoms with Gasteiger partial charge in [-0.05, 0) is 60.6 Å². The van der Waals surface area contributed by atoms with Gasteiger partial charge in [0.2, 0.25) is 0 Å². The van der Waals surface area contributed by atoms with Gasteiger partial charge in [-0.15, -0.1) is 12.6 Å². The summed E-state index contributed by atoms with van der Waals surface area (Å²) >= 11 is 4.74. The van der Waals surface area contributed by atoms with Crippen molar-refractivity contribution in [2.24, 2.45) is 0 Å². The second-order valence-electron chi connectivity index (χ2n) is 8.44. The molecule has 0 unspecified atom stereocenters. The summed E-state index contributed by atoms with van der Waals surface area (Å²) in [5, 5.41) is 21.8. The predicted molar refractivity (Wildman–Crippen MR) is 130 cm³/mol. The van der Waals surface area contributed by atoms with Gasteiger partial charge < -0.3 is 14.9 Å². The van der Waals surface area contributed by atoms with E-state index in [1.165, 1.54) is 0 Å². The number of phenolic OH excluding ortho intramolecular Hbond substituents is 2. The molecule has 0 aromatic heterocycles. The van der Waals surface area contributed by atoms with Crippen molar-refractivity contribution >= 4 is 12.6 Å². The van der Waals surface area contributed by atoms with Crippen LogP contribution in [0.1, 0.15) is 57.0 Å². The maximum atomic E-state index is 11.1. The molecule has 31 heavy (non-hydrogen) atoms. The first kappa shape index (κ1) is 23.2. The highest BCUT2D eigenvalue weighted by Crippen LogP contribution is 2.34. The molecule has 3 nitrogen and oxygen atoms in total. The Bertz CT molecular complexity index is 1100. The number of phenols is 2. The normalized spacial score (nSPS) is 11.2. The van der Waals surface area contributed by atoms with E-state index < -0.39 is 0 Å².